The molecule has 2 aromatic heterocycles. The van der Waals surface area contributed by atoms with Crippen molar-refractivity contribution in [1.29, 1.82) is 0 Å². The highest BCUT2D eigenvalue weighted by molar-refractivity contribution is 6.08. The maximum absolute atomic E-state index is 5.46. The maximum atomic E-state index is 5.46. The van der Waals surface area contributed by atoms with Crippen molar-refractivity contribution in [3.8, 4) is 11.1 Å². The van der Waals surface area contributed by atoms with Crippen LogP contribution in [0.4, 0.5) is 0 Å². The van der Waals surface area contributed by atoms with Crippen LogP contribution < -0.4 is 0 Å². The lowest BCUT2D eigenvalue weighted by molar-refractivity contribution is 0.0342. The zero-order valence-electron chi connectivity index (χ0n) is 19.1. The molecule has 0 atom stereocenters. The molecule has 5 aromatic rings. The third-order valence-corrected chi connectivity index (χ3v) is 6.72. The normalized spacial score (nSPS) is 14.6. The Morgan fingerprint density at radius 2 is 1.62 bits per heavy atom. The van der Waals surface area contributed by atoms with E-state index in [-0.39, 0.29) is 0 Å². The first-order valence-electron chi connectivity index (χ1n) is 11.8. The van der Waals surface area contributed by atoms with Gasteiger partial charge in [-0.25, -0.2) is 4.98 Å². The Balaban J connectivity index is 1.32. The van der Waals surface area contributed by atoms with E-state index < -0.39 is 0 Å². The van der Waals surface area contributed by atoms with Gasteiger partial charge in [-0.1, -0.05) is 67.2 Å². The summed E-state index contributed by atoms with van der Waals surface area (Å²) in [6, 6.07) is 28.0. The lowest BCUT2D eigenvalue weighted by Crippen LogP contribution is -2.35. The summed E-state index contributed by atoms with van der Waals surface area (Å²) in [4.78, 5) is 10.6. The molecular weight excluding hydrogens is 418 g/mol. The molecule has 1 aliphatic heterocycles. The number of aromatic nitrogens is 2. The van der Waals surface area contributed by atoms with Crippen LogP contribution in [0.15, 0.2) is 91.6 Å². The van der Waals surface area contributed by atoms with Crippen molar-refractivity contribution in [1.82, 2.24) is 14.9 Å². The average Bonchev–Trinajstić information content (AvgIpc) is 3.27. The van der Waals surface area contributed by atoms with Gasteiger partial charge in [0.1, 0.15) is 5.65 Å². The Morgan fingerprint density at radius 1 is 0.853 bits per heavy atom. The number of fused-ring (bicyclic) bond motifs is 3. The first-order chi connectivity index (χ1) is 16.7. The van der Waals surface area contributed by atoms with Crippen LogP contribution in [0.5, 0.6) is 0 Å². The van der Waals surface area contributed by atoms with Crippen LogP contribution >= 0.6 is 0 Å². The highest BCUT2D eigenvalue weighted by Crippen LogP contribution is 2.32. The van der Waals surface area contributed by atoms with Gasteiger partial charge in [0.15, 0.2) is 0 Å². The van der Waals surface area contributed by atoms with Gasteiger partial charge in [-0.05, 0) is 46.0 Å². The van der Waals surface area contributed by atoms with Crippen LogP contribution in [0.3, 0.4) is 0 Å². The summed E-state index contributed by atoms with van der Waals surface area (Å²) in [5, 5.41) is 2.30. The van der Waals surface area contributed by atoms with Gasteiger partial charge in [-0.15, -0.1) is 0 Å². The smallest absolute Gasteiger partial charge is 0.138 e. The molecule has 0 saturated carbocycles. The third kappa shape index (κ3) is 4.03. The summed E-state index contributed by atoms with van der Waals surface area (Å²) in [7, 11) is 0. The van der Waals surface area contributed by atoms with Gasteiger partial charge in [0.2, 0.25) is 0 Å². The van der Waals surface area contributed by atoms with E-state index in [0.717, 1.165) is 66.1 Å². The first kappa shape index (κ1) is 20.8. The van der Waals surface area contributed by atoms with Crippen LogP contribution in [0.2, 0.25) is 0 Å². The second-order valence-corrected chi connectivity index (χ2v) is 8.94. The summed E-state index contributed by atoms with van der Waals surface area (Å²) in [5.41, 5.74) is 8.90. The van der Waals surface area contributed by atoms with Gasteiger partial charge >= 0.3 is 0 Å². The molecule has 1 aliphatic rings. The predicted octanol–water partition coefficient (Wildman–Crippen LogP) is 6.28. The van der Waals surface area contributed by atoms with Gasteiger partial charge < -0.3 is 9.72 Å². The zero-order chi connectivity index (χ0) is 22.9. The fraction of sp³-hybridized carbons (Fsp3) is 0.167. The van der Waals surface area contributed by atoms with Crippen molar-refractivity contribution in [2.75, 3.05) is 26.3 Å². The molecule has 0 aliphatic carbocycles. The first-order valence-corrected chi connectivity index (χ1v) is 11.8. The Labute approximate surface area is 199 Å². The molecule has 1 fully saturated rings. The highest BCUT2D eigenvalue weighted by atomic mass is 16.5. The number of H-pyrrole nitrogens is 1. The van der Waals surface area contributed by atoms with E-state index in [0.29, 0.717) is 0 Å². The van der Waals surface area contributed by atoms with Gasteiger partial charge in [-0.3, -0.25) is 4.90 Å². The van der Waals surface area contributed by atoms with Crippen molar-refractivity contribution in [3.63, 3.8) is 0 Å². The Kier molecular flexibility index (Phi) is 5.46. The largest absolute Gasteiger partial charge is 0.379 e. The molecule has 0 radical (unpaired) electrons. The molecule has 34 heavy (non-hydrogen) atoms. The number of nitrogens with one attached hydrogen (secondary N) is 1. The molecule has 4 heteroatoms. The van der Waals surface area contributed by atoms with E-state index >= 15 is 0 Å². The molecule has 0 bridgehead atoms. The fourth-order valence-corrected chi connectivity index (χ4v) is 4.74. The number of rotatable bonds is 5. The molecule has 0 amide bonds. The Hall–Kier alpha value is -3.73. The molecular formula is C30H27N3O. The Bertz CT molecular complexity index is 1460. The second-order valence-electron chi connectivity index (χ2n) is 8.94. The van der Waals surface area contributed by atoms with Crippen molar-refractivity contribution in [2.45, 2.75) is 6.54 Å². The molecule has 0 spiro atoms. The quantitative estimate of drug-likeness (QED) is 0.346. The second kappa shape index (κ2) is 8.90. The van der Waals surface area contributed by atoms with Crippen LogP contribution in [0.25, 0.3) is 38.6 Å². The van der Waals surface area contributed by atoms with E-state index in [9.17, 15) is 0 Å². The van der Waals surface area contributed by atoms with E-state index in [1.54, 1.807) is 0 Å². The molecule has 1 N–H and O–H groups in total. The summed E-state index contributed by atoms with van der Waals surface area (Å²) in [6.07, 6.45) is 1.90. The summed E-state index contributed by atoms with van der Waals surface area (Å²) in [6.45, 7) is 8.97. The number of benzene rings is 3. The van der Waals surface area contributed by atoms with Gasteiger partial charge in [-0.2, -0.15) is 0 Å². The van der Waals surface area contributed by atoms with E-state index in [2.05, 4.69) is 77.1 Å². The highest BCUT2D eigenvalue weighted by Gasteiger charge is 2.12. The molecule has 3 aromatic carbocycles. The monoisotopic (exact) mass is 445 g/mol. The van der Waals surface area contributed by atoms with Crippen LogP contribution in [0.1, 0.15) is 16.7 Å². The average molecular weight is 446 g/mol. The minimum Gasteiger partial charge on any atom is -0.379 e. The third-order valence-electron chi connectivity index (χ3n) is 6.72. The number of aromatic amines is 1. The van der Waals surface area contributed by atoms with Gasteiger partial charge in [0.25, 0.3) is 0 Å². The molecule has 6 rings (SSSR count). The SMILES string of the molecule is C=C(c1ccccc1)c1cnc2[nH]c3ccc(-c4ccc(CN5CCOCC5)cc4)cc3c2c1. The maximum Gasteiger partial charge on any atom is 0.138 e. The van der Waals surface area contributed by atoms with Crippen molar-refractivity contribution in [3.05, 3.63) is 108 Å². The lowest BCUT2D eigenvalue weighted by Gasteiger charge is -2.26. The number of hydrogen-bond donors (Lipinski definition) is 1. The molecule has 0 unspecified atom stereocenters. The van der Waals surface area contributed by atoms with Gasteiger partial charge in [0.05, 0.1) is 13.2 Å². The fourth-order valence-electron chi connectivity index (χ4n) is 4.74. The summed E-state index contributed by atoms with van der Waals surface area (Å²) >= 11 is 0. The Morgan fingerprint density at radius 3 is 2.41 bits per heavy atom. The number of hydrogen-bond acceptors (Lipinski definition) is 3. The van der Waals surface area contributed by atoms with E-state index in [1.165, 1.54) is 22.1 Å². The molecule has 3 heterocycles. The van der Waals surface area contributed by atoms with E-state index in [1.807, 2.05) is 24.4 Å². The van der Waals surface area contributed by atoms with E-state index in [4.69, 9.17) is 9.72 Å². The predicted molar refractivity (Wildman–Crippen MR) is 140 cm³/mol. The minimum absolute atomic E-state index is 0.831. The lowest BCUT2D eigenvalue weighted by atomic mass is 9.99. The van der Waals surface area contributed by atoms with Crippen LogP contribution in [-0.4, -0.2) is 41.2 Å². The molecule has 168 valence electrons. The standard InChI is InChI=1S/C30H27N3O/c1-21(23-5-3-2-4-6-23)26-18-28-27-17-25(11-12-29(27)32-30(28)31-19-26)24-9-7-22(8-10-24)20-33-13-15-34-16-14-33/h2-12,17-19H,1,13-16,20H2,(H,31,32). The number of pyridine rings is 1. The van der Waals surface area contributed by atoms with Crippen molar-refractivity contribution in [2.24, 2.45) is 0 Å². The number of morpholine rings is 1. The number of ether oxygens (including phenoxy) is 1. The zero-order valence-corrected chi connectivity index (χ0v) is 19.1. The minimum atomic E-state index is 0.831. The molecule has 1 saturated heterocycles. The van der Waals surface area contributed by atoms with Crippen LogP contribution in [-0.2, 0) is 11.3 Å². The van der Waals surface area contributed by atoms with Crippen molar-refractivity contribution >= 4 is 27.5 Å². The topological polar surface area (TPSA) is 41.2 Å². The summed E-state index contributed by atoms with van der Waals surface area (Å²) < 4.78 is 5.46. The van der Waals surface area contributed by atoms with Crippen molar-refractivity contribution < 1.29 is 4.74 Å². The van der Waals surface area contributed by atoms with Gasteiger partial charge in [0, 0.05) is 47.7 Å². The number of nitrogens with zero attached hydrogens (tertiary/aromatic N) is 2. The molecule has 4 nitrogen and oxygen atoms in total. The summed E-state index contributed by atoms with van der Waals surface area (Å²) in [5.74, 6) is 0. The van der Waals surface area contributed by atoms with Crippen LogP contribution in [0, 0.1) is 0 Å².